The van der Waals surface area contributed by atoms with Gasteiger partial charge in [0.2, 0.25) is 5.95 Å². The second kappa shape index (κ2) is 7.00. The van der Waals surface area contributed by atoms with Crippen molar-refractivity contribution in [2.24, 2.45) is 0 Å². The number of rotatable bonds is 2. The molecule has 2 amide bonds. The molecule has 5 rings (SSSR count). The number of nitrogens with one attached hydrogen (secondary N) is 2. The largest absolute Gasteiger partial charge is 0.377 e. The number of carbonyl (C=O) groups is 1. The molecule has 0 unspecified atom stereocenters. The Hall–Kier alpha value is -3.20. The summed E-state index contributed by atoms with van der Waals surface area (Å²) in [6.07, 6.45) is 4.38. The minimum Gasteiger partial charge on any atom is -0.377 e. The Morgan fingerprint density at radius 1 is 1.31 bits per heavy atom. The third-order valence-electron chi connectivity index (χ3n) is 5.61. The first-order valence-electron chi connectivity index (χ1n) is 9.84. The van der Waals surface area contributed by atoms with Crippen LogP contribution in [0.3, 0.4) is 0 Å². The van der Waals surface area contributed by atoms with E-state index < -0.39 is 0 Å². The van der Waals surface area contributed by atoms with Crippen LogP contribution in [-0.4, -0.2) is 65.4 Å². The molecule has 2 aliphatic heterocycles. The van der Waals surface area contributed by atoms with Gasteiger partial charge in [-0.15, -0.1) is 0 Å². The zero-order valence-electron chi connectivity index (χ0n) is 16.5. The van der Waals surface area contributed by atoms with E-state index in [-0.39, 0.29) is 12.1 Å². The molecule has 0 radical (unpaired) electrons. The van der Waals surface area contributed by atoms with E-state index in [2.05, 4.69) is 27.1 Å². The molecule has 0 bridgehead atoms. The van der Waals surface area contributed by atoms with E-state index in [9.17, 15) is 4.79 Å². The summed E-state index contributed by atoms with van der Waals surface area (Å²) in [7, 11) is 1.64. The molecule has 2 N–H and O–H groups in total. The molecule has 150 valence electrons. The normalized spacial score (nSPS) is 18.9. The zero-order valence-corrected chi connectivity index (χ0v) is 16.5. The summed E-state index contributed by atoms with van der Waals surface area (Å²) in [5, 5.41) is 3.73. The van der Waals surface area contributed by atoms with Gasteiger partial charge in [-0.3, -0.25) is 4.90 Å². The summed E-state index contributed by atoms with van der Waals surface area (Å²) in [5.74, 6) is 1.31. The Balaban J connectivity index is 1.72. The number of anilines is 2. The standard InChI is InChI=1S/C20H23N7O2/c1-12-11-29-10-9-26(12)19-24-16(13-3-6-22-17-14(13)4-7-23-17)15-5-8-27(18(15)25-19)20(28)21-2/h3-4,6-7,12H,5,8-11H2,1-2H3,(H,21,28)(H,22,23)/t12-/m1/s1. The fourth-order valence-corrected chi connectivity index (χ4v) is 4.12. The lowest BCUT2D eigenvalue weighted by molar-refractivity contribution is 0.0981. The number of pyridine rings is 1. The number of H-pyrrole nitrogens is 1. The van der Waals surface area contributed by atoms with E-state index in [4.69, 9.17) is 14.7 Å². The van der Waals surface area contributed by atoms with E-state index in [1.54, 1.807) is 18.1 Å². The summed E-state index contributed by atoms with van der Waals surface area (Å²) < 4.78 is 5.58. The Morgan fingerprint density at radius 3 is 3.03 bits per heavy atom. The van der Waals surface area contributed by atoms with E-state index in [0.29, 0.717) is 37.9 Å². The van der Waals surface area contributed by atoms with Crippen LogP contribution >= 0.6 is 0 Å². The topological polar surface area (TPSA) is 99.3 Å². The number of nitrogens with zero attached hydrogens (tertiary/aromatic N) is 5. The van der Waals surface area contributed by atoms with E-state index in [0.717, 1.165) is 34.4 Å². The number of urea groups is 1. The maximum Gasteiger partial charge on any atom is 0.322 e. The van der Waals surface area contributed by atoms with Crippen LogP contribution in [0, 0.1) is 0 Å². The molecule has 3 aromatic rings. The third kappa shape index (κ3) is 2.89. The average molecular weight is 393 g/mol. The summed E-state index contributed by atoms with van der Waals surface area (Å²) in [4.78, 5) is 33.7. The maximum absolute atomic E-state index is 12.5. The Bertz CT molecular complexity index is 1080. The van der Waals surface area contributed by atoms with Crippen molar-refractivity contribution in [2.75, 3.05) is 43.2 Å². The van der Waals surface area contributed by atoms with Crippen LogP contribution in [0.25, 0.3) is 22.3 Å². The highest BCUT2D eigenvalue weighted by Gasteiger charge is 2.32. The minimum absolute atomic E-state index is 0.157. The molecular weight excluding hydrogens is 370 g/mol. The van der Waals surface area contributed by atoms with Gasteiger partial charge in [0.25, 0.3) is 0 Å². The van der Waals surface area contributed by atoms with Crippen LogP contribution in [0.2, 0.25) is 0 Å². The molecule has 1 atom stereocenters. The Labute approximate surface area is 168 Å². The number of carbonyl (C=O) groups excluding carboxylic acids is 1. The van der Waals surface area contributed by atoms with E-state index >= 15 is 0 Å². The van der Waals surface area contributed by atoms with Crippen molar-refractivity contribution in [3.63, 3.8) is 0 Å². The Kier molecular flexibility index (Phi) is 4.31. The quantitative estimate of drug-likeness (QED) is 0.690. The minimum atomic E-state index is -0.157. The van der Waals surface area contributed by atoms with Crippen LogP contribution in [0.4, 0.5) is 16.6 Å². The first-order chi connectivity index (χ1) is 14.2. The lowest BCUT2D eigenvalue weighted by Gasteiger charge is -2.34. The predicted octanol–water partition coefficient (Wildman–Crippen LogP) is 1.95. The number of hydrogen-bond acceptors (Lipinski definition) is 6. The van der Waals surface area contributed by atoms with Crippen LogP contribution in [0.1, 0.15) is 12.5 Å². The SMILES string of the molecule is CNC(=O)N1CCc2c(-c3ccnc4[nH]ccc34)nc(N3CCOC[C@H]3C)nc21. The lowest BCUT2D eigenvalue weighted by Crippen LogP contribution is -2.45. The molecular formula is C20H23N7O2. The van der Waals surface area contributed by atoms with Crippen molar-refractivity contribution >= 4 is 28.8 Å². The molecule has 0 spiro atoms. The molecule has 2 aliphatic rings. The number of ether oxygens (including phenoxy) is 1. The highest BCUT2D eigenvalue weighted by atomic mass is 16.5. The van der Waals surface area contributed by atoms with Gasteiger partial charge in [-0.05, 0) is 25.5 Å². The molecule has 29 heavy (non-hydrogen) atoms. The van der Waals surface area contributed by atoms with Gasteiger partial charge in [0.15, 0.2) is 0 Å². The molecule has 1 saturated heterocycles. The first-order valence-corrected chi connectivity index (χ1v) is 9.84. The summed E-state index contributed by atoms with van der Waals surface area (Å²) in [6.45, 7) is 4.67. The molecule has 0 aromatic carbocycles. The van der Waals surface area contributed by atoms with Crippen LogP contribution in [0.5, 0.6) is 0 Å². The van der Waals surface area contributed by atoms with Gasteiger partial charge in [-0.1, -0.05) is 0 Å². The van der Waals surface area contributed by atoms with Gasteiger partial charge < -0.3 is 19.9 Å². The van der Waals surface area contributed by atoms with Crippen molar-refractivity contribution in [3.8, 4) is 11.3 Å². The molecule has 0 aliphatic carbocycles. The maximum atomic E-state index is 12.5. The van der Waals surface area contributed by atoms with Crippen molar-refractivity contribution in [2.45, 2.75) is 19.4 Å². The molecule has 1 fully saturated rings. The number of amides is 2. The third-order valence-corrected chi connectivity index (χ3v) is 5.61. The number of aromatic nitrogens is 4. The zero-order chi connectivity index (χ0) is 20.0. The number of aromatic amines is 1. The van der Waals surface area contributed by atoms with Gasteiger partial charge in [0.05, 0.1) is 24.9 Å². The van der Waals surface area contributed by atoms with E-state index in [1.807, 2.05) is 18.3 Å². The van der Waals surface area contributed by atoms with Crippen LogP contribution in [-0.2, 0) is 11.2 Å². The van der Waals surface area contributed by atoms with Crippen molar-refractivity contribution < 1.29 is 9.53 Å². The molecule has 3 aromatic heterocycles. The highest BCUT2D eigenvalue weighted by molar-refractivity contribution is 5.97. The van der Waals surface area contributed by atoms with Gasteiger partial charge >= 0.3 is 6.03 Å². The second-order valence-corrected chi connectivity index (χ2v) is 7.35. The van der Waals surface area contributed by atoms with Gasteiger partial charge in [0, 0.05) is 49.0 Å². The molecule has 5 heterocycles. The average Bonchev–Trinajstić information content (AvgIpc) is 3.39. The number of fused-ring (bicyclic) bond motifs is 2. The summed E-state index contributed by atoms with van der Waals surface area (Å²) in [6, 6.07) is 3.99. The number of hydrogen-bond donors (Lipinski definition) is 2. The smallest absolute Gasteiger partial charge is 0.322 e. The first kappa shape index (κ1) is 17.9. The molecule has 9 heteroatoms. The van der Waals surface area contributed by atoms with Crippen LogP contribution in [0.15, 0.2) is 24.5 Å². The fourth-order valence-electron chi connectivity index (χ4n) is 4.12. The molecule has 9 nitrogen and oxygen atoms in total. The highest BCUT2D eigenvalue weighted by Crippen LogP contribution is 2.38. The lowest BCUT2D eigenvalue weighted by atomic mass is 10.0. The predicted molar refractivity (Wildman–Crippen MR) is 110 cm³/mol. The van der Waals surface area contributed by atoms with Gasteiger partial charge in [0.1, 0.15) is 11.5 Å². The molecule has 0 saturated carbocycles. The Morgan fingerprint density at radius 2 is 2.21 bits per heavy atom. The van der Waals surface area contributed by atoms with Crippen LogP contribution < -0.4 is 15.1 Å². The van der Waals surface area contributed by atoms with Gasteiger partial charge in [-0.2, -0.15) is 4.98 Å². The number of morpholine rings is 1. The monoisotopic (exact) mass is 393 g/mol. The summed E-state index contributed by atoms with van der Waals surface area (Å²) in [5.41, 5.74) is 3.67. The van der Waals surface area contributed by atoms with Crippen molar-refractivity contribution in [3.05, 3.63) is 30.1 Å². The summed E-state index contributed by atoms with van der Waals surface area (Å²) >= 11 is 0. The van der Waals surface area contributed by atoms with Crippen molar-refractivity contribution in [1.29, 1.82) is 0 Å². The fraction of sp³-hybridized carbons (Fsp3) is 0.400. The van der Waals surface area contributed by atoms with E-state index in [1.165, 1.54) is 0 Å². The van der Waals surface area contributed by atoms with Crippen molar-refractivity contribution in [1.82, 2.24) is 25.3 Å². The van der Waals surface area contributed by atoms with Gasteiger partial charge in [-0.25, -0.2) is 14.8 Å². The second-order valence-electron chi connectivity index (χ2n) is 7.35.